The fraction of sp³-hybridized carbons (Fsp3) is 0.200. The van der Waals surface area contributed by atoms with Gasteiger partial charge < -0.3 is 4.74 Å². The van der Waals surface area contributed by atoms with Crippen molar-refractivity contribution in [3.63, 3.8) is 0 Å². The molecule has 2 heteroatoms. The summed E-state index contributed by atoms with van der Waals surface area (Å²) < 4.78 is 5.81. The summed E-state index contributed by atoms with van der Waals surface area (Å²) in [7, 11) is 0. The van der Waals surface area contributed by atoms with Crippen molar-refractivity contribution in [2.45, 2.75) is 11.3 Å². The van der Waals surface area contributed by atoms with Crippen LogP contribution in [0.1, 0.15) is 5.56 Å². The summed E-state index contributed by atoms with van der Waals surface area (Å²) in [6, 6.07) is 18.6. The zero-order valence-corrected chi connectivity index (χ0v) is 10.7. The van der Waals surface area contributed by atoms with Gasteiger partial charge in [-0.2, -0.15) is 0 Å². The molecule has 0 saturated carbocycles. The molecule has 2 rings (SSSR count). The molecule has 0 heterocycles. The minimum Gasteiger partial charge on any atom is -0.492 e. The molecule has 0 saturated heterocycles. The second kappa shape index (κ2) is 6.36. The van der Waals surface area contributed by atoms with Crippen molar-refractivity contribution in [2.24, 2.45) is 0 Å². The third-order valence-electron chi connectivity index (χ3n) is 2.56. The SMILES string of the molecule is CSc1ccccc1OCCc1ccccc1. The number of hydrogen-bond donors (Lipinski definition) is 0. The van der Waals surface area contributed by atoms with Crippen molar-refractivity contribution in [1.82, 2.24) is 0 Å². The summed E-state index contributed by atoms with van der Waals surface area (Å²) in [5.74, 6) is 0.982. The Balaban J connectivity index is 1.90. The van der Waals surface area contributed by atoms with E-state index in [0.717, 1.165) is 18.8 Å². The number of benzene rings is 2. The Morgan fingerprint density at radius 1 is 0.941 bits per heavy atom. The molecular formula is C15H16OS. The van der Waals surface area contributed by atoms with Gasteiger partial charge in [-0.1, -0.05) is 42.5 Å². The second-order valence-electron chi connectivity index (χ2n) is 3.73. The first-order valence-corrected chi connectivity index (χ1v) is 6.92. The van der Waals surface area contributed by atoms with Crippen LogP contribution < -0.4 is 4.74 Å². The molecule has 88 valence electrons. The third kappa shape index (κ3) is 3.53. The van der Waals surface area contributed by atoms with Crippen LogP contribution in [0.2, 0.25) is 0 Å². The van der Waals surface area contributed by atoms with E-state index in [1.54, 1.807) is 11.8 Å². The molecule has 0 N–H and O–H groups in total. The van der Waals surface area contributed by atoms with Crippen LogP contribution in [0.15, 0.2) is 59.5 Å². The number of thioether (sulfide) groups is 1. The van der Waals surface area contributed by atoms with Gasteiger partial charge in [0.2, 0.25) is 0 Å². The van der Waals surface area contributed by atoms with E-state index < -0.39 is 0 Å². The van der Waals surface area contributed by atoms with Crippen LogP contribution in [0.25, 0.3) is 0 Å². The van der Waals surface area contributed by atoms with Crippen molar-refractivity contribution >= 4 is 11.8 Å². The van der Waals surface area contributed by atoms with Gasteiger partial charge in [0.1, 0.15) is 5.75 Å². The van der Waals surface area contributed by atoms with Crippen molar-refractivity contribution in [2.75, 3.05) is 12.9 Å². The molecule has 2 aromatic rings. The summed E-state index contributed by atoms with van der Waals surface area (Å²) in [6.45, 7) is 0.724. The molecular weight excluding hydrogens is 228 g/mol. The molecule has 0 atom stereocenters. The van der Waals surface area contributed by atoms with Crippen molar-refractivity contribution < 1.29 is 4.74 Å². The minimum absolute atomic E-state index is 0.724. The molecule has 0 bridgehead atoms. The van der Waals surface area contributed by atoms with E-state index in [1.807, 2.05) is 24.3 Å². The van der Waals surface area contributed by atoms with Gasteiger partial charge in [-0.05, 0) is 24.0 Å². The molecule has 0 unspecified atom stereocenters. The van der Waals surface area contributed by atoms with Crippen molar-refractivity contribution in [3.05, 3.63) is 60.2 Å². The highest BCUT2D eigenvalue weighted by Gasteiger charge is 2.00. The van der Waals surface area contributed by atoms with Crippen molar-refractivity contribution in [3.8, 4) is 5.75 Å². The first kappa shape index (κ1) is 12.1. The third-order valence-corrected chi connectivity index (χ3v) is 3.34. The zero-order valence-electron chi connectivity index (χ0n) is 9.93. The lowest BCUT2D eigenvalue weighted by atomic mass is 10.2. The van der Waals surface area contributed by atoms with Crippen LogP contribution in [-0.2, 0) is 6.42 Å². The Morgan fingerprint density at radius 2 is 1.65 bits per heavy atom. The predicted molar refractivity (Wildman–Crippen MR) is 73.9 cm³/mol. The first-order valence-electron chi connectivity index (χ1n) is 5.70. The molecule has 0 aliphatic heterocycles. The number of para-hydroxylation sites is 1. The monoisotopic (exact) mass is 244 g/mol. The fourth-order valence-electron chi connectivity index (χ4n) is 1.66. The van der Waals surface area contributed by atoms with Crippen molar-refractivity contribution in [1.29, 1.82) is 0 Å². The molecule has 0 amide bonds. The first-order chi connectivity index (χ1) is 8.40. The zero-order chi connectivity index (χ0) is 11.9. The molecule has 17 heavy (non-hydrogen) atoms. The summed E-state index contributed by atoms with van der Waals surface area (Å²) in [4.78, 5) is 1.19. The lowest BCUT2D eigenvalue weighted by molar-refractivity contribution is 0.314. The standard InChI is InChI=1S/C15H16OS/c1-17-15-10-6-5-9-14(15)16-12-11-13-7-3-2-4-8-13/h2-10H,11-12H2,1H3. The van der Waals surface area contributed by atoms with Gasteiger partial charge in [-0.3, -0.25) is 0 Å². The van der Waals surface area contributed by atoms with Gasteiger partial charge >= 0.3 is 0 Å². The number of rotatable bonds is 5. The van der Waals surface area contributed by atoms with E-state index >= 15 is 0 Å². The molecule has 2 aromatic carbocycles. The average molecular weight is 244 g/mol. The van der Waals surface area contributed by atoms with Crippen LogP contribution in [0.5, 0.6) is 5.75 Å². The molecule has 0 aliphatic rings. The van der Waals surface area contributed by atoms with Gasteiger partial charge in [-0.25, -0.2) is 0 Å². The lowest BCUT2D eigenvalue weighted by Crippen LogP contribution is -2.01. The highest BCUT2D eigenvalue weighted by Crippen LogP contribution is 2.26. The van der Waals surface area contributed by atoms with Crippen LogP contribution >= 0.6 is 11.8 Å². The molecule has 0 radical (unpaired) electrons. The fourth-order valence-corrected chi connectivity index (χ4v) is 2.20. The molecule has 0 aliphatic carbocycles. The molecule has 0 spiro atoms. The molecule has 0 aromatic heterocycles. The number of hydrogen-bond acceptors (Lipinski definition) is 2. The second-order valence-corrected chi connectivity index (χ2v) is 4.58. The Morgan fingerprint density at radius 3 is 2.41 bits per heavy atom. The summed E-state index contributed by atoms with van der Waals surface area (Å²) in [5, 5.41) is 0. The van der Waals surface area contributed by atoms with Crippen LogP contribution in [0.3, 0.4) is 0 Å². The lowest BCUT2D eigenvalue weighted by Gasteiger charge is -2.09. The predicted octanol–water partition coefficient (Wildman–Crippen LogP) is 4.03. The van der Waals surface area contributed by atoms with E-state index in [4.69, 9.17) is 4.74 Å². The minimum atomic E-state index is 0.724. The Bertz CT molecular complexity index is 453. The van der Waals surface area contributed by atoms with E-state index in [9.17, 15) is 0 Å². The maximum absolute atomic E-state index is 5.81. The van der Waals surface area contributed by atoms with E-state index in [-0.39, 0.29) is 0 Å². The maximum atomic E-state index is 5.81. The van der Waals surface area contributed by atoms with Gasteiger partial charge in [0.15, 0.2) is 0 Å². The Labute approximate surface area is 107 Å². The van der Waals surface area contributed by atoms with E-state index in [1.165, 1.54) is 10.5 Å². The van der Waals surface area contributed by atoms with Crippen LogP contribution in [0.4, 0.5) is 0 Å². The topological polar surface area (TPSA) is 9.23 Å². The quantitative estimate of drug-likeness (QED) is 0.734. The van der Waals surface area contributed by atoms with E-state index in [0.29, 0.717) is 0 Å². The highest BCUT2D eigenvalue weighted by atomic mass is 32.2. The van der Waals surface area contributed by atoms with Crippen LogP contribution in [-0.4, -0.2) is 12.9 Å². The summed E-state index contributed by atoms with van der Waals surface area (Å²) in [6.07, 6.45) is 3.02. The smallest absolute Gasteiger partial charge is 0.132 e. The van der Waals surface area contributed by atoms with Gasteiger partial charge in [0.05, 0.1) is 6.61 Å². The van der Waals surface area contributed by atoms with E-state index in [2.05, 4.69) is 36.6 Å². The Hall–Kier alpha value is -1.41. The van der Waals surface area contributed by atoms with Crippen LogP contribution in [0, 0.1) is 0 Å². The highest BCUT2D eigenvalue weighted by molar-refractivity contribution is 7.98. The van der Waals surface area contributed by atoms with Gasteiger partial charge in [0, 0.05) is 11.3 Å². The number of ether oxygens (including phenoxy) is 1. The molecule has 1 nitrogen and oxygen atoms in total. The molecule has 0 fully saturated rings. The summed E-state index contributed by atoms with van der Waals surface area (Å²) in [5.41, 5.74) is 1.31. The van der Waals surface area contributed by atoms with Gasteiger partial charge in [-0.15, -0.1) is 11.8 Å². The Kier molecular flexibility index (Phi) is 4.51. The average Bonchev–Trinajstić information content (AvgIpc) is 2.40. The largest absolute Gasteiger partial charge is 0.492 e. The normalized spacial score (nSPS) is 10.2. The summed E-state index contributed by atoms with van der Waals surface area (Å²) >= 11 is 1.72. The van der Waals surface area contributed by atoms with Gasteiger partial charge in [0.25, 0.3) is 0 Å². The maximum Gasteiger partial charge on any atom is 0.132 e.